The maximum absolute atomic E-state index is 13.8. The number of aryl methyl sites for hydroxylation is 3. The molecule has 12 nitrogen and oxygen atoms in total. The molecule has 0 aliphatic carbocycles. The van der Waals surface area contributed by atoms with Gasteiger partial charge in [-0.3, -0.25) is 24.0 Å². The van der Waals surface area contributed by atoms with Crippen LogP contribution in [0.5, 0.6) is 0 Å². The van der Waals surface area contributed by atoms with Crippen molar-refractivity contribution in [1.82, 2.24) is 24.6 Å². The number of rotatable bonds is 7. The molecular weight excluding hydrogens is 548 g/mol. The van der Waals surface area contributed by atoms with Gasteiger partial charge in [-0.2, -0.15) is 5.10 Å². The van der Waals surface area contributed by atoms with Gasteiger partial charge in [-0.05, 0) is 89.3 Å². The zero-order chi connectivity index (χ0) is 31.7. The fourth-order valence-electron chi connectivity index (χ4n) is 4.96. The lowest BCUT2D eigenvalue weighted by atomic mass is 9.97. The summed E-state index contributed by atoms with van der Waals surface area (Å²) in [5.74, 6) is -1.16. The molecule has 4 N–H and O–H groups in total. The van der Waals surface area contributed by atoms with E-state index in [2.05, 4.69) is 20.7 Å². The maximum atomic E-state index is 13.8. The Hall–Kier alpha value is -4.74. The van der Waals surface area contributed by atoms with Gasteiger partial charge in [-0.25, -0.2) is 4.79 Å². The number of pyridine rings is 1. The van der Waals surface area contributed by atoms with E-state index < -0.39 is 28.9 Å². The van der Waals surface area contributed by atoms with E-state index in [9.17, 15) is 19.2 Å². The van der Waals surface area contributed by atoms with Crippen molar-refractivity contribution in [2.75, 3.05) is 30.8 Å². The first-order chi connectivity index (χ1) is 20.1. The fourth-order valence-corrected chi connectivity index (χ4v) is 4.96. The average Bonchev–Trinajstić information content (AvgIpc) is 3.36. The van der Waals surface area contributed by atoms with Gasteiger partial charge in [-0.15, -0.1) is 0 Å². The van der Waals surface area contributed by atoms with Gasteiger partial charge in [0.2, 0.25) is 5.91 Å². The Morgan fingerprint density at radius 3 is 2.40 bits per heavy atom. The molecule has 0 spiro atoms. The molecule has 0 bridgehead atoms. The van der Waals surface area contributed by atoms with Crippen LogP contribution in [0.2, 0.25) is 0 Å². The summed E-state index contributed by atoms with van der Waals surface area (Å²) in [4.78, 5) is 58.3. The smallest absolute Gasteiger partial charge is 0.323 e. The number of likely N-dealkylation sites (N-methyl/N-ethyl adjacent to an activating group) is 1. The number of hydrogen-bond donors (Lipinski definition) is 3. The molecule has 2 aromatic heterocycles. The summed E-state index contributed by atoms with van der Waals surface area (Å²) in [5, 5.41) is 10.2. The predicted molar refractivity (Wildman–Crippen MR) is 164 cm³/mol. The minimum atomic E-state index is -1.06. The standard InChI is InChI=1S/C31H40N8O4/c1-19-8-12-22(16-21(19)11-9-20-10-13-23(26(32)40)33-17-20)34-29(43)35-24-18-39(30(2,3)4)36-25(24)27(41)38-15-14-37(7)28(42)31(38,5)6/h8,10,12-13,16-18H,9,11,14-15H2,1-7H3,(H2,32,40)(H2,34,35,43). The summed E-state index contributed by atoms with van der Waals surface area (Å²) in [5.41, 5.74) is 7.93. The van der Waals surface area contributed by atoms with Gasteiger partial charge in [0.25, 0.3) is 11.8 Å². The monoisotopic (exact) mass is 588 g/mol. The molecule has 3 heterocycles. The first kappa shape index (κ1) is 31.2. The van der Waals surface area contributed by atoms with E-state index in [1.165, 1.54) is 4.90 Å². The van der Waals surface area contributed by atoms with Crippen LogP contribution in [0.15, 0.2) is 42.7 Å². The lowest BCUT2D eigenvalue weighted by molar-refractivity contribution is -0.144. The zero-order valence-electron chi connectivity index (χ0n) is 25.8. The first-order valence-electron chi connectivity index (χ1n) is 14.2. The van der Waals surface area contributed by atoms with Crippen LogP contribution < -0.4 is 16.4 Å². The number of urea groups is 1. The van der Waals surface area contributed by atoms with Crippen LogP contribution >= 0.6 is 0 Å². The Morgan fingerprint density at radius 2 is 1.77 bits per heavy atom. The molecule has 0 saturated carbocycles. The highest BCUT2D eigenvalue weighted by molar-refractivity contribution is 6.07. The molecule has 1 aromatic carbocycles. The summed E-state index contributed by atoms with van der Waals surface area (Å²) in [6.07, 6.45) is 4.65. The van der Waals surface area contributed by atoms with Gasteiger partial charge in [0.15, 0.2) is 5.69 Å². The third-order valence-electron chi connectivity index (χ3n) is 7.67. The van der Waals surface area contributed by atoms with Gasteiger partial charge in [0, 0.05) is 32.0 Å². The van der Waals surface area contributed by atoms with E-state index >= 15 is 0 Å². The average molecular weight is 589 g/mol. The Kier molecular flexibility index (Phi) is 8.61. The molecule has 0 radical (unpaired) electrons. The number of hydrogen-bond acceptors (Lipinski definition) is 6. The van der Waals surface area contributed by atoms with Crippen molar-refractivity contribution in [3.63, 3.8) is 0 Å². The van der Waals surface area contributed by atoms with Crippen molar-refractivity contribution in [2.24, 2.45) is 5.73 Å². The normalized spacial score (nSPS) is 14.9. The summed E-state index contributed by atoms with van der Waals surface area (Å²) in [6, 6.07) is 8.55. The third kappa shape index (κ3) is 6.85. The molecule has 1 aliphatic rings. The Morgan fingerprint density at radius 1 is 1.05 bits per heavy atom. The number of piperazine rings is 1. The van der Waals surface area contributed by atoms with Crippen LogP contribution in [-0.4, -0.2) is 74.0 Å². The van der Waals surface area contributed by atoms with Crippen LogP contribution in [0, 0.1) is 6.92 Å². The lowest BCUT2D eigenvalue weighted by Crippen LogP contribution is -2.63. The zero-order valence-corrected chi connectivity index (χ0v) is 25.8. The molecule has 3 aromatic rings. The van der Waals surface area contributed by atoms with E-state index in [0.29, 0.717) is 31.6 Å². The Balaban J connectivity index is 1.51. The number of nitrogens with one attached hydrogen (secondary N) is 2. The van der Waals surface area contributed by atoms with Crippen molar-refractivity contribution < 1.29 is 19.2 Å². The van der Waals surface area contributed by atoms with Crippen LogP contribution in [0.1, 0.15) is 72.3 Å². The van der Waals surface area contributed by atoms with E-state index in [-0.39, 0.29) is 23.0 Å². The van der Waals surface area contributed by atoms with Crippen LogP contribution in [0.4, 0.5) is 16.2 Å². The second-order valence-corrected chi connectivity index (χ2v) is 12.4. The summed E-state index contributed by atoms with van der Waals surface area (Å²) < 4.78 is 1.63. The van der Waals surface area contributed by atoms with Crippen molar-refractivity contribution >= 4 is 35.1 Å². The number of nitrogens with zero attached hydrogens (tertiary/aromatic N) is 5. The summed E-state index contributed by atoms with van der Waals surface area (Å²) in [7, 11) is 1.72. The predicted octanol–water partition coefficient (Wildman–Crippen LogP) is 3.56. The number of carbonyl (C=O) groups excluding carboxylic acids is 4. The van der Waals surface area contributed by atoms with Crippen molar-refractivity contribution in [2.45, 2.75) is 65.5 Å². The minimum absolute atomic E-state index is 0.0658. The molecule has 5 amide bonds. The second kappa shape index (κ2) is 11.9. The molecule has 1 fully saturated rings. The highest BCUT2D eigenvalue weighted by Gasteiger charge is 2.44. The van der Waals surface area contributed by atoms with E-state index in [0.717, 1.165) is 16.7 Å². The van der Waals surface area contributed by atoms with Crippen LogP contribution in [-0.2, 0) is 23.2 Å². The van der Waals surface area contributed by atoms with Gasteiger partial charge < -0.3 is 26.2 Å². The third-order valence-corrected chi connectivity index (χ3v) is 7.67. The van der Waals surface area contributed by atoms with Gasteiger partial charge in [0.1, 0.15) is 11.2 Å². The van der Waals surface area contributed by atoms with Crippen molar-refractivity contribution in [3.8, 4) is 0 Å². The summed E-state index contributed by atoms with van der Waals surface area (Å²) >= 11 is 0. The van der Waals surface area contributed by atoms with Gasteiger partial charge in [0.05, 0.1) is 17.4 Å². The Labute approximate surface area is 251 Å². The minimum Gasteiger partial charge on any atom is -0.364 e. The molecule has 0 atom stereocenters. The number of aromatic nitrogens is 3. The molecule has 1 aliphatic heterocycles. The van der Waals surface area contributed by atoms with Crippen molar-refractivity contribution in [3.05, 3.63) is 70.8 Å². The molecule has 0 unspecified atom stereocenters. The second-order valence-electron chi connectivity index (χ2n) is 12.4. The van der Waals surface area contributed by atoms with E-state index in [1.807, 2.05) is 52.0 Å². The van der Waals surface area contributed by atoms with Gasteiger partial charge in [-0.1, -0.05) is 12.1 Å². The van der Waals surface area contributed by atoms with Crippen molar-refractivity contribution in [1.29, 1.82) is 0 Å². The van der Waals surface area contributed by atoms with E-state index in [1.54, 1.807) is 48.9 Å². The molecule has 4 rings (SSSR count). The van der Waals surface area contributed by atoms with Crippen LogP contribution in [0.25, 0.3) is 0 Å². The molecule has 1 saturated heterocycles. The number of anilines is 2. The van der Waals surface area contributed by atoms with Crippen LogP contribution in [0.3, 0.4) is 0 Å². The van der Waals surface area contributed by atoms with Gasteiger partial charge >= 0.3 is 6.03 Å². The SMILES string of the molecule is Cc1ccc(NC(=O)Nc2cn(C(C)(C)C)nc2C(=O)N2CCN(C)C(=O)C2(C)C)cc1CCc1ccc(C(N)=O)nc1. The molecule has 43 heavy (non-hydrogen) atoms. The molecule has 12 heteroatoms. The quantitative estimate of drug-likeness (QED) is 0.383. The lowest BCUT2D eigenvalue weighted by Gasteiger charge is -2.44. The summed E-state index contributed by atoms with van der Waals surface area (Å²) in [6.45, 7) is 12.0. The number of amides is 5. The highest BCUT2D eigenvalue weighted by atomic mass is 16.2. The number of carbonyl (C=O) groups is 4. The topological polar surface area (TPSA) is 156 Å². The maximum Gasteiger partial charge on any atom is 0.323 e. The largest absolute Gasteiger partial charge is 0.364 e. The number of primary amides is 1. The number of benzene rings is 1. The molecule has 228 valence electrons. The first-order valence-corrected chi connectivity index (χ1v) is 14.2. The number of nitrogens with two attached hydrogens (primary N) is 1. The Bertz CT molecular complexity index is 1550. The molecular formula is C31H40N8O4. The van der Waals surface area contributed by atoms with E-state index in [4.69, 9.17) is 5.73 Å². The highest BCUT2D eigenvalue weighted by Crippen LogP contribution is 2.28. The fraction of sp³-hybridized carbons (Fsp3) is 0.419.